The van der Waals surface area contributed by atoms with Gasteiger partial charge >= 0.3 is 11.9 Å². The van der Waals surface area contributed by atoms with Crippen LogP contribution in [0, 0.1) is 0 Å². The van der Waals surface area contributed by atoms with Crippen LogP contribution in [0.5, 0.6) is 0 Å². The maximum absolute atomic E-state index is 14.5. The summed E-state index contributed by atoms with van der Waals surface area (Å²) in [5.74, 6) is -8.79. The molecule has 0 saturated heterocycles. The molecule has 25 nitrogen and oxygen atoms in total. The second-order valence-corrected chi connectivity index (χ2v) is 18.6. The molecule has 0 fully saturated rings. The number of sulfone groups is 1. The van der Waals surface area contributed by atoms with Crippen molar-refractivity contribution in [1.29, 1.82) is 0 Å². The number of nitrogens with two attached hydrogens (primary N) is 3. The van der Waals surface area contributed by atoms with Gasteiger partial charge in [0.1, 0.15) is 46.6 Å². The van der Waals surface area contributed by atoms with Crippen molar-refractivity contribution in [2.75, 3.05) is 25.1 Å². The lowest BCUT2D eigenvalue weighted by Crippen LogP contribution is -2.60. The molecule has 70 heavy (non-hydrogen) atoms. The monoisotopic (exact) mass is 993 g/mol. The predicted molar refractivity (Wildman–Crippen MR) is 254 cm³/mol. The van der Waals surface area contributed by atoms with Crippen LogP contribution in [0.2, 0.25) is 0 Å². The fourth-order valence-corrected chi connectivity index (χ4v) is 7.73. The quantitative estimate of drug-likeness (QED) is 0.0149. The molecule has 2 heterocycles. The number of rotatable bonds is 29. The molecule has 0 bridgehead atoms. The summed E-state index contributed by atoms with van der Waals surface area (Å²) in [6, 6.07) is 6.95. The van der Waals surface area contributed by atoms with Crippen molar-refractivity contribution in [2.45, 2.75) is 87.6 Å². The number of aliphatic imine (C=N–C) groups is 1. The van der Waals surface area contributed by atoms with Crippen LogP contribution in [0.3, 0.4) is 0 Å². The van der Waals surface area contributed by atoms with Gasteiger partial charge in [0, 0.05) is 67.5 Å². The van der Waals surface area contributed by atoms with Gasteiger partial charge in [-0.25, -0.2) is 13.4 Å². The van der Waals surface area contributed by atoms with Gasteiger partial charge in [0.25, 0.3) is 0 Å². The first kappa shape index (κ1) is 54.7. The molecule has 6 amide bonds. The largest absolute Gasteiger partial charge is 0.481 e. The molecule has 26 heteroatoms. The zero-order valence-corrected chi connectivity index (χ0v) is 39.0. The lowest BCUT2D eigenvalue weighted by molar-refractivity contribution is -0.139. The highest BCUT2D eigenvalue weighted by Crippen LogP contribution is 2.19. The number of aliphatic carboxylic acids is 2. The van der Waals surface area contributed by atoms with Gasteiger partial charge in [0.15, 0.2) is 5.96 Å². The summed E-state index contributed by atoms with van der Waals surface area (Å²) < 4.78 is 23.4. The fraction of sp³-hybridized carbons (Fsp3) is 0.409. The number of amides is 6. The number of H-pyrrole nitrogens is 2. The van der Waals surface area contributed by atoms with E-state index in [9.17, 15) is 57.0 Å². The summed E-state index contributed by atoms with van der Waals surface area (Å²) in [6.07, 6.45) is 3.42. The number of carboxylic acids is 2. The number of para-hydroxylation sites is 1. The molecule has 0 spiro atoms. The maximum atomic E-state index is 14.5. The zero-order chi connectivity index (χ0) is 51.4. The molecule has 378 valence electrons. The number of nitrogens with one attached hydrogen (secondary N) is 8. The first-order valence-corrected chi connectivity index (χ1v) is 24.0. The number of aromatic nitrogens is 3. The van der Waals surface area contributed by atoms with Gasteiger partial charge in [-0.2, -0.15) is 0 Å². The first-order valence-electron chi connectivity index (χ1n) is 22.0. The third kappa shape index (κ3) is 18.7. The number of nitrogens with zero attached hydrogens (tertiary/aromatic N) is 2. The van der Waals surface area contributed by atoms with E-state index in [1.807, 2.05) is 0 Å². The normalized spacial score (nSPS) is 13.8. The molecule has 0 aliphatic carbocycles. The number of carbonyl (C=O) groups is 8. The van der Waals surface area contributed by atoms with Crippen LogP contribution in [0.1, 0.15) is 48.9 Å². The smallest absolute Gasteiger partial charge is 0.322 e. The van der Waals surface area contributed by atoms with Crippen molar-refractivity contribution in [3.63, 3.8) is 0 Å². The van der Waals surface area contributed by atoms with Crippen LogP contribution in [-0.4, -0.2) is 148 Å². The lowest BCUT2D eigenvalue weighted by atomic mass is 10.0. The number of guanidine groups is 1. The summed E-state index contributed by atoms with van der Waals surface area (Å²) in [7, 11) is -3.52. The molecule has 0 unspecified atom stereocenters. The van der Waals surface area contributed by atoms with Gasteiger partial charge in [0.2, 0.25) is 35.4 Å². The minimum atomic E-state index is -3.52. The van der Waals surface area contributed by atoms with E-state index < -0.39 is 119 Å². The highest BCUT2D eigenvalue weighted by atomic mass is 32.2. The van der Waals surface area contributed by atoms with Crippen LogP contribution in [-0.2, 0) is 67.5 Å². The third-order valence-electron chi connectivity index (χ3n) is 10.7. The van der Waals surface area contributed by atoms with Gasteiger partial charge in [-0.3, -0.25) is 43.3 Å². The van der Waals surface area contributed by atoms with E-state index in [1.54, 1.807) is 60.8 Å². The van der Waals surface area contributed by atoms with Crippen molar-refractivity contribution in [3.05, 3.63) is 90.1 Å². The summed E-state index contributed by atoms with van der Waals surface area (Å²) in [5, 5.41) is 34.6. The van der Waals surface area contributed by atoms with Gasteiger partial charge in [-0.05, 0) is 42.9 Å². The molecule has 2 aromatic carbocycles. The number of hydrogen-bond donors (Lipinski definition) is 13. The topological polar surface area (TPSA) is 418 Å². The molecule has 6 atom stereocenters. The number of benzene rings is 2. The summed E-state index contributed by atoms with van der Waals surface area (Å²) in [4.78, 5) is 120. The molecule has 2 aromatic heterocycles. The number of aromatic amines is 2. The molecule has 0 radical (unpaired) electrons. The van der Waals surface area contributed by atoms with Crippen LogP contribution >= 0.6 is 0 Å². The molecule has 0 saturated carbocycles. The van der Waals surface area contributed by atoms with E-state index in [4.69, 9.17) is 17.2 Å². The van der Waals surface area contributed by atoms with E-state index in [-0.39, 0.29) is 51.0 Å². The Hall–Kier alpha value is -7.87. The van der Waals surface area contributed by atoms with Crippen LogP contribution in [0.4, 0.5) is 0 Å². The molecular weight excluding hydrogens is 935 g/mol. The van der Waals surface area contributed by atoms with E-state index >= 15 is 0 Å². The minimum Gasteiger partial charge on any atom is -0.481 e. The van der Waals surface area contributed by atoms with Crippen LogP contribution in [0.15, 0.2) is 78.3 Å². The highest BCUT2D eigenvalue weighted by molar-refractivity contribution is 7.90. The Morgan fingerprint density at radius 1 is 0.686 bits per heavy atom. The Morgan fingerprint density at radius 2 is 1.26 bits per heavy atom. The van der Waals surface area contributed by atoms with E-state index in [1.165, 1.54) is 12.5 Å². The van der Waals surface area contributed by atoms with Gasteiger partial charge < -0.3 is 69.3 Å². The van der Waals surface area contributed by atoms with Crippen molar-refractivity contribution in [1.82, 2.24) is 46.9 Å². The van der Waals surface area contributed by atoms with Gasteiger partial charge in [0.05, 0.1) is 18.1 Å². The number of hydrogen-bond acceptors (Lipinski definition) is 13. The van der Waals surface area contributed by atoms with E-state index in [2.05, 4.69) is 51.8 Å². The third-order valence-corrected chi connectivity index (χ3v) is 11.6. The van der Waals surface area contributed by atoms with E-state index in [0.29, 0.717) is 16.8 Å². The molecular formula is C44H59N13O12S. The Balaban J connectivity index is 1.64. The average Bonchev–Trinajstić information content (AvgIpc) is 3.98. The minimum absolute atomic E-state index is 0.0273. The molecule has 16 N–H and O–H groups in total. The van der Waals surface area contributed by atoms with Gasteiger partial charge in [-0.1, -0.05) is 48.5 Å². The Labute approximate surface area is 401 Å². The Bertz CT molecular complexity index is 2590. The highest BCUT2D eigenvalue weighted by Gasteiger charge is 2.34. The molecule has 4 aromatic rings. The average molecular weight is 994 g/mol. The number of fused-ring (bicyclic) bond motifs is 1. The first-order chi connectivity index (χ1) is 33.2. The SMILES string of the molecule is CS(=O)(=O)CC[C@H](N)C(=O)N[C@@H](CCC(=O)O)C(=O)N[C@@H](Cc1cnc[nH]1)C(=O)N[C@@H](Cc1ccccc1)C(=O)N[C@@H](CCCN=C(N)N)C(=O)N[C@@H](Cc1c[nH]c2ccccc12)C(=O)NCC(=O)O. The maximum Gasteiger partial charge on any atom is 0.322 e. The van der Waals surface area contributed by atoms with Crippen LogP contribution in [0.25, 0.3) is 10.9 Å². The second kappa shape index (κ2) is 26.6. The Kier molecular flexibility index (Phi) is 20.8. The summed E-state index contributed by atoms with van der Waals surface area (Å²) in [5.41, 5.74) is 19.2. The van der Waals surface area contributed by atoms with Crippen molar-refractivity contribution in [2.24, 2.45) is 22.2 Å². The number of imidazole rings is 1. The number of carbonyl (C=O) groups excluding carboxylic acids is 6. The predicted octanol–water partition coefficient (Wildman–Crippen LogP) is -2.78. The summed E-state index contributed by atoms with van der Waals surface area (Å²) in [6.45, 7) is -0.723. The molecule has 4 rings (SSSR count). The van der Waals surface area contributed by atoms with Crippen molar-refractivity contribution < 1.29 is 57.0 Å². The van der Waals surface area contributed by atoms with Crippen molar-refractivity contribution in [3.8, 4) is 0 Å². The van der Waals surface area contributed by atoms with Crippen molar-refractivity contribution >= 4 is 74.1 Å². The Morgan fingerprint density at radius 3 is 1.86 bits per heavy atom. The van der Waals surface area contributed by atoms with Crippen LogP contribution < -0.4 is 49.1 Å². The lowest BCUT2D eigenvalue weighted by Gasteiger charge is -2.27. The molecule has 0 aliphatic rings. The summed E-state index contributed by atoms with van der Waals surface area (Å²) >= 11 is 0. The zero-order valence-electron chi connectivity index (χ0n) is 38.2. The second-order valence-electron chi connectivity index (χ2n) is 16.4. The number of carboxylic acid groups (broad SMARTS) is 2. The molecule has 0 aliphatic heterocycles. The standard InChI is InChI=1S/C44H59N13O12S/c1-70(68,69)17-15-29(45)38(62)53-32(13-14-36(58)59)41(65)57-35(20-27-22-48-24-52-27)43(67)55-33(18-25-8-3-2-4-9-25)42(66)54-31(12-7-16-49-44(46)47)40(64)56-34(39(63)51-23-37(60)61)19-26-21-50-30-11-6-5-10-28(26)30/h2-6,8-11,21-22,24,29,31-35,50H,7,12-20,23,45H2,1H3,(H,48,52)(H,51,63)(H,53,62)(H,54,66)(H,55,67)(H,56,64)(H,57,65)(H,58,59)(H,60,61)(H4,46,47,49)/t29-,31-,32-,33-,34-,35-/m0/s1. The van der Waals surface area contributed by atoms with Gasteiger partial charge in [-0.15, -0.1) is 0 Å². The van der Waals surface area contributed by atoms with E-state index in [0.717, 1.165) is 17.2 Å². The fourth-order valence-electron chi connectivity index (χ4n) is 7.05.